The molecular formula is C26H34N8O. The summed E-state index contributed by atoms with van der Waals surface area (Å²) >= 11 is 0. The number of hydrogen-bond acceptors (Lipinski definition) is 7. The van der Waals surface area contributed by atoms with Gasteiger partial charge in [-0.05, 0) is 71.6 Å². The van der Waals surface area contributed by atoms with Crippen LogP contribution in [0, 0.1) is 6.92 Å². The van der Waals surface area contributed by atoms with Crippen molar-refractivity contribution < 1.29 is 4.74 Å². The van der Waals surface area contributed by atoms with E-state index in [-0.39, 0.29) is 5.54 Å². The van der Waals surface area contributed by atoms with Crippen LogP contribution in [0.4, 0.5) is 5.95 Å². The summed E-state index contributed by atoms with van der Waals surface area (Å²) in [5.74, 6) is 1.69. The minimum Gasteiger partial charge on any atom is -0.381 e. The number of aromatic nitrogens is 6. The molecule has 4 aromatic heterocycles. The molecule has 0 atom stereocenters. The van der Waals surface area contributed by atoms with Gasteiger partial charge in [-0.3, -0.25) is 0 Å². The molecular weight excluding hydrogens is 440 g/mol. The van der Waals surface area contributed by atoms with E-state index in [2.05, 4.69) is 53.2 Å². The fraction of sp³-hybridized carbons (Fsp3) is 0.538. The first-order chi connectivity index (χ1) is 17.0. The average molecular weight is 475 g/mol. The van der Waals surface area contributed by atoms with Crippen LogP contribution in [0.3, 0.4) is 0 Å². The van der Waals surface area contributed by atoms with Gasteiger partial charge in [0.15, 0.2) is 5.65 Å². The second-order valence-corrected chi connectivity index (χ2v) is 10.3. The van der Waals surface area contributed by atoms with E-state index in [4.69, 9.17) is 19.8 Å². The predicted molar refractivity (Wildman–Crippen MR) is 137 cm³/mol. The van der Waals surface area contributed by atoms with Crippen LogP contribution < -0.4 is 10.6 Å². The van der Waals surface area contributed by atoms with Gasteiger partial charge >= 0.3 is 0 Å². The molecule has 0 aromatic carbocycles. The van der Waals surface area contributed by atoms with Crippen molar-refractivity contribution in [3.05, 3.63) is 36.5 Å². The standard InChI is InChI=1S/C26H34N8O/c1-17-30-24-22(34(17)20-7-12-35-13-8-20)14-18(15-28-24)21-6-11-33-23(21)16-29-25(32-33)31-19-4-9-26(2,27-3)10-5-19/h6,11,14-16,19-20,27H,4-5,7-10,12-13H2,1-3H3,(H,31,32). The number of fused-ring (bicyclic) bond motifs is 2. The fourth-order valence-electron chi connectivity index (χ4n) is 5.68. The molecule has 0 spiro atoms. The highest BCUT2D eigenvalue weighted by atomic mass is 16.5. The number of imidazole rings is 1. The summed E-state index contributed by atoms with van der Waals surface area (Å²) in [6.07, 6.45) is 12.4. The van der Waals surface area contributed by atoms with Crippen LogP contribution in [0.15, 0.2) is 30.7 Å². The highest BCUT2D eigenvalue weighted by Crippen LogP contribution is 2.32. The molecule has 1 aliphatic carbocycles. The molecule has 9 heteroatoms. The summed E-state index contributed by atoms with van der Waals surface area (Å²) in [6, 6.07) is 5.11. The SMILES string of the molecule is CNC1(C)CCC(Nc2ncc3c(-c4cnc5nc(C)n(C6CCOCC6)c5c4)ccn3n2)CC1. The second kappa shape index (κ2) is 8.87. The van der Waals surface area contributed by atoms with Gasteiger partial charge < -0.3 is 19.9 Å². The van der Waals surface area contributed by atoms with E-state index in [0.29, 0.717) is 18.0 Å². The smallest absolute Gasteiger partial charge is 0.241 e. The third-order valence-electron chi connectivity index (χ3n) is 8.03. The van der Waals surface area contributed by atoms with Crippen LogP contribution in [0.2, 0.25) is 0 Å². The first-order valence-corrected chi connectivity index (χ1v) is 12.8. The number of aryl methyl sites for hydroxylation is 1. The second-order valence-electron chi connectivity index (χ2n) is 10.3. The van der Waals surface area contributed by atoms with Crippen molar-refractivity contribution in [2.24, 2.45) is 0 Å². The lowest BCUT2D eigenvalue weighted by Crippen LogP contribution is -2.45. The van der Waals surface area contributed by atoms with Crippen LogP contribution >= 0.6 is 0 Å². The van der Waals surface area contributed by atoms with Crippen molar-refractivity contribution >= 4 is 22.6 Å². The third kappa shape index (κ3) is 4.16. The number of nitrogens with one attached hydrogen (secondary N) is 2. The van der Waals surface area contributed by atoms with Crippen molar-refractivity contribution in [1.82, 2.24) is 34.4 Å². The highest BCUT2D eigenvalue weighted by molar-refractivity contribution is 5.85. The van der Waals surface area contributed by atoms with Gasteiger partial charge in [-0.15, -0.1) is 5.10 Å². The number of hydrogen-bond donors (Lipinski definition) is 2. The van der Waals surface area contributed by atoms with Crippen molar-refractivity contribution in [2.45, 2.75) is 70.0 Å². The molecule has 6 rings (SSSR count). The molecule has 0 unspecified atom stereocenters. The van der Waals surface area contributed by atoms with Crippen LogP contribution in [0.25, 0.3) is 27.8 Å². The molecule has 2 N–H and O–H groups in total. The quantitative estimate of drug-likeness (QED) is 0.449. The zero-order chi connectivity index (χ0) is 24.0. The molecule has 184 valence electrons. The summed E-state index contributed by atoms with van der Waals surface area (Å²) in [7, 11) is 2.06. The monoisotopic (exact) mass is 474 g/mol. The van der Waals surface area contributed by atoms with Crippen molar-refractivity contribution in [2.75, 3.05) is 25.6 Å². The molecule has 5 heterocycles. The van der Waals surface area contributed by atoms with Crippen molar-refractivity contribution in [1.29, 1.82) is 0 Å². The Hall–Kier alpha value is -3.04. The Morgan fingerprint density at radius 1 is 1.06 bits per heavy atom. The molecule has 2 fully saturated rings. The number of anilines is 1. The molecule has 0 radical (unpaired) electrons. The van der Waals surface area contributed by atoms with Gasteiger partial charge in [-0.2, -0.15) is 0 Å². The molecule has 1 saturated heterocycles. The maximum Gasteiger partial charge on any atom is 0.241 e. The molecule has 2 aliphatic rings. The van der Waals surface area contributed by atoms with Gasteiger partial charge in [0.05, 0.1) is 17.2 Å². The lowest BCUT2D eigenvalue weighted by molar-refractivity contribution is 0.0701. The number of pyridine rings is 1. The Bertz CT molecular complexity index is 1340. The largest absolute Gasteiger partial charge is 0.381 e. The van der Waals surface area contributed by atoms with Crippen molar-refractivity contribution in [3.63, 3.8) is 0 Å². The zero-order valence-corrected chi connectivity index (χ0v) is 20.8. The molecule has 4 aromatic rings. The lowest BCUT2D eigenvalue weighted by atomic mass is 9.81. The van der Waals surface area contributed by atoms with E-state index in [1.54, 1.807) is 0 Å². The summed E-state index contributed by atoms with van der Waals surface area (Å²) in [5.41, 5.74) is 5.22. The Balaban J connectivity index is 1.27. The Morgan fingerprint density at radius 2 is 1.86 bits per heavy atom. The van der Waals surface area contributed by atoms with Crippen molar-refractivity contribution in [3.8, 4) is 11.1 Å². The van der Waals surface area contributed by atoms with Crippen LogP contribution in [-0.4, -0.2) is 61.0 Å². The maximum atomic E-state index is 5.58. The Labute approximate surface area is 205 Å². The average Bonchev–Trinajstić information content (AvgIpc) is 3.45. The van der Waals surface area contributed by atoms with Gasteiger partial charge in [-0.25, -0.2) is 19.5 Å². The molecule has 1 aliphatic heterocycles. The molecule has 0 bridgehead atoms. The molecule has 0 amide bonds. The molecule has 1 saturated carbocycles. The lowest BCUT2D eigenvalue weighted by Gasteiger charge is -2.37. The minimum atomic E-state index is 0.242. The van der Waals surface area contributed by atoms with E-state index in [9.17, 15) is 0 Å². The fourth-order valence-corrected chi connectivity index (χ4v) is 5.68. The van der Waals surface area contributed by atoms with E-state index in [1.807, 2.05) is 23.1 Å². The summed E-state index contributed by atoms with van der Waals surface area (Å²) < 4.78 is 9.83. The highest BCUT2D eigenvalue weighted by Gasteiger charge is 2.29. The number of ether oxygens (including phenoxy) is 1. The first-order valence-electron chi connectivity index (χ1n) is 12.8. The summed E-state index contributed by atoms with van der Waals surface area (Å²) in [6.45, 7) is 5.96. The minimum absolute atomic E-state index is 0.242. The summed E-state index contributed by atoms with van der Waals surface area (Å²) in [5, 5.41) is 11.8. The topological polar surface area (TPSA) is 94.2 Å². The van der Waals surface area contributed by atoms with Gasteiger partial charge in [0.1, 0.15) is 5.82 Å². The van der Waals surface area contributed by atoms with Crippen LogP contribution in [-0.2, 0) is 4.74 Å². The third-order valence-corrected chi connectivity index (χ3v) is 8.03. The summed E-state index contributed by atoms with van der Waals surface area (Å²) in [4.78, 5) is 14.1. The zero-order valence-electron chi connectivity index (χ0n) is 20.8. The number of nitrogens with zero attached hydrogens (tertiary/aromatic N) is 6. The van der Waals surface area contributed by atoms with Gasteiger partial charge in [0.25, 0.3) is 0 Å². The van der Waals surface area contributed by atoms with Gasteiger partial charge in [0.2, 0.25) is 5.95 Å². The number of rotatable bonds is 5. The maximum absolute atomic E-state index is 5.58. The van der Waals surface area contributed by atoms with E-state index in [1.165, 1.54) is 0 Å². The molecule has 9 nitrogen and oxygen atoms in total. The Kier molecular flexibility index (Phi) is 5.69. The van der Waals surface area contributed by atoms with E-state index >= 15 is 0 Å². The van der Waals surface area contributed by atoms with Crippen LogP contribution in [0.5, 0.6) is 0 Å². The van der Waals surface area contributed by atoms with Crippen LogP contribution in [0.1, 0.15) is 57.3 Å². The normalized spacial score (nSPS) is 23.8. The van der Waals surface area contributed by atoms with E-state index < -0.39 is 0 Å². The predicted octanol–water partition coefficient (Wildman–Crippen LogP) is 4.13. The van der Waals surface area contributed by atoms with E-state index in [0.717, 1.165) is 85.4 Å². The molecule has 35 heavy (non-hydrogen) atoms. The van der Waals surface area contributed by atoms with Gasteiger partial charge in [-0.1, -0.05) is 0 Å². The van der Waals surface area contributed by atoms with Gasteiger partial charge in [0, 0.05) is 54.4 Å². The first kappa shape index (κ1) is 22.4. The Morgan fingerprint density at radius 3 is 2.63 bits per heavy atom.